The van der Waals surface area contributed by atoms with E-state index in [4.69, 9.17) is 0 Å². The van der Waals surface area contributed by atoms with E-state index in [2.05, 4.69) is 24.4 Å². The predicted octanol–water partition coefficient (Wildman–Crippen LogP) is 2.53. The van der Waals surface area contributed by atoms with E-state index in [0.29, 0.717) is 6.04 Å². The number of para-hydroxylation sites is 2. The van der Waals surface area contributed by atoms with Crippen molar-refractivity contribution in [2.45, 2.75) is 45.2 Å². The van der Waals surface area contributed by atoms with E-state index in [9.17, 15) is 4.79 Å². The lowest BCUT2D eigenvalue weighted by Crippen LogP contribution is -2.34. The van der Waals surface area contributed by atoms with Crippen LogP contribution in [0, 0.1) is 0 Å². The summed E-state index contributed by atoms with van der Waals surface area (Å²) in [5, 5.41) is 3.37. The molecule has 3 rings (SSSR count). The summed E-state index contributed by atoms with van der Waals surface area (Å²) in [4.78, 5) is 12.8. The lowest BCUT2D eigenvalue weighted by molar-refractivity contribution is 0.364. The van der Waals surface area contributed by atoms with Crippen LogP contribution in [0.25, 0.3) is 11.0 Å². The van der Waals surface area contributed by atoms with Crippen molar-refractivity contribution in [3.8, 4) is 0 Å². The second-order valence-corrected chi connectivity index (χ2v) is 5.63. The second-order valence-electron chi connectivity index (χ2n) is 5.63. The zero-order chi connectivity index (χ0) is 13.9. The number of aromatic nitrogens is 2. The zero-order valence-electron chi connectivity index (χ0n) is 12.1. The standard InChI is InChI=1S/C16H23N3O/c1-2-3-12-18-14-6-4-5-7-15(14)19(16(18)20)13-8-10-17-11-9-13/h4-7,13,17H,2-3,8-12H2,1H3. The van der Waals surface area contributed by atoms with Crippen LogP contribution in [0.4, 0.5) is 0 Å². The van der Waals surface area contributed by atoms with Gasteiger partial charge in [0, 0.05) is 12.6 Å². The third-order valence-electron chi connectivity index (χ3n) is 4.28. The summed E-state index contributed by atoms with van der Waals surface area (Å²) in [6.45, 7) is 5.00. The smallest absolute Gasteiger partial charge is 0.317 e. The predicted molar refractivity (Wildman–Crippen MR) is 82.2 cm³/mol. The van der Waals surface area contributed by atoms with Crippen molar-refractivity contribution in [1.29, 1.82) is 0 Å². The monoisotopic (exact) mass is 273 g/mol. The molecule has 0 unspecified atom stereocenters. The molecule has 108 valence electrons. The van der Waals surface area contributed by atoms with Crippen molar-refractivity contribution >= 4 is 11.0 Å². The fraction of sp³-hybridized carbons (Fsp3) is 0.562. The minimum Gasteiger partial charge on any atom is -0.317 e. The van der Waals surface area contributed by atoms with Crippen LogP contribution in [0.5, 0.6) is 0 Å². The Morgan fingerprint density at radius 1 is 1.20 bits per heavy atom. The highest BCUT2D eigenvalue weighted by molar-refractivity contribution is 5.76. The minimum absolute atomic E-state index is 0.173. The molecular formula is C16H23N3O. The van der Waals surface area contributed by atoms with Crippen molar-refractivity contribution in [2.75, 3.05) is 13.1 Å². The number of rotatable bonds is 4. The number of nitrogens with one attached hydrogen (secondary N) is 1. The van der Waals surface area contributed by atoms with Gasteiger partial charge in [0.15, 0.2) is 0 Å². The Morgan fingerprint density at radius 3 is 2.60 bits per heavy atom. The summed E-state index contributed by atoms with van der Waals surface area (Å²) in [5.41, 5.74) is 2.36. The molecule has 0 aliphatic carbocycles. The van der Waals surface area contributed by atoms with Crippen molar-refractivity contribution in [2.24, 2.45) is 0 Å². The Labute approximate surface area is 119 Å². The highest BCUT2D eigenvalue weighted by Gasteiger charge is 2.21. The zero-order valence-corrected chi connectivity index (χ0v) is 12.1. The summed E-state index contributed by atoms with van der Waals surface area (Å²) < 4.78 is 3.99. The van der Waals surface area contributed by atoms with E-state index in [1.54, 1.807) is 0 Å². The highest BCUT2D eigenvalue weighted by atomic mass is 16.1. The first-order valence-corrected chi connectivity index (χ1v) is 7.73. The lowest BCUT2D eigenvalue weighted by Gasteiger charge is -2.23. The van der Waals surface area contributed by atoms with Gasteiger partial charge in [-0.1, -0.05) is 25.5 Å². The highest BCUT2D eigenvalue weighted by Crippen LogP contribution is 2.23. The number of nitrogens with zero attached hydrogens (tertiary/aromatic N) is 2. The average Bonchev–Trinajstić information content (AvgIpc) is 2.78. The van der Waals surface area contributed by atoms with Crippen LogP contribution in [0.1, 0.15) is 38.6 Å². The first-order chi connectivity index (χ1) is 9.83. The third kappa shape index (κ3) is 2.29. The van der Waals surface area contributed by atoms with Crippen molar-refractivity contribution < 1.29 is 0 Å². The quantitative estimate of drug-likeness (QED) is 0.929. The molecule has 0 saturated carbocycles. The lowest BCUT2D eigenvalue weighted by atomic mass is 10.1. The number of piperidine rings is 1. The molecule has 0 amide bonds. The van der Waals surface area contributed by atoms with E-state index < -0.39 is 0 Å². The summed E-state index contributed by atoms with van der Waals surface area (Å²) >= 11 is 0. The molecule has 1 aliphatic rings. The normalized spacial score (nSPS) is 16.9. The molecule has 1 N–H and O–H groups in total. The maximum atomic E-state index is 12.8. The summed E-state index contributed by atoms with van der Waals surface area (Å²) in [7, 11) is 0. The Balaban J connectivity index is 2.10. The summed E-state index contributed by atoms with van der Waals surface area (Å²) in [6.07, 6.45) is 4.25. The topological polar surface area (TPSA) is 39.0 Å². The van der Waals surface area contributed by atoms with Gasteiger partial charge >= 0.3 is 5.69 Å². The number of imidazole rings is 1. The fourth-order valence-electron chi connectivity index (χ4n) is 3.18. The van der Waals surface area contributed by atoms with Gasteiger partial charge < -0.3 is 5.32 Å². The Morgan fingerprint density at radius 2 is 1.90 bits per heavy atom. The molecule has 0 bridgehead atoms. The van der Waals surface area contributed by atoms with Crippen LogP contribution in [0.2, 0.25) is 0 Å². The van der Waals surface area contributed by atoms with E-state index >= 15 is 0 Å². The van der Waals surface area contributed by atoms with Gasteiger partial charge in [0.25, 0.3) is 0 Å². The van der Waals surface area contributed by atoms with Crippen molar-refractivity contribution in [3.63, 3.8) is 0 Å². The molecule has 4 nitrogen and oxygen atoms in total. The van der Waals surface area contributed by atoms with E-state index in [1.807, 2.05) is 21.3 Å². The SMILES string of the molecule is CCCCn1c(=O)n(C2CCNCC2)c2ccccc21. The fourth-order valence-corrected chi connectivity index (χ4v) is 3.18. The van der Waals surface area contributed by atoms with E-state index in [-0.39, 0.29) is 5.69 Å². The molecule has 2 heterocycles. The van der Waals surface area contributed by atoms with Crippen LogP contribution in [-0.2, 0) is 6.54 Å². The number of benzene rings is 1. The molecule has 1 aromatic carbocycles. The van der Waals surface area contributed by atoms with Gasteiger partial charge in [0.05, 0.1) is 11.0 Å². The third-order valence-corrected chi connectivity index (χ3v) is 4.28. The first-order valence-electron chi connectivity index (χ1n) is 7.73. The Hall–Kier alpha value is -1.55. The molecular weight excluding hydrogens is 250 g/mol. The van der Waals surface area contributed by atoms with Crippen molar-refractivity contribution in [3.05, 3.63) is 34.7 Å². The van der Waals surface area contributed by atoms with E-state index in [1.165, 1.54) is 0 Å². The largest absolute Gasteiger partial charge is 0.329 e. The number of unbranched alkanes of at least 4 members (excludes halogenated alkanes) is 1. The Kier molecular flexibility index (Phi) is 3.92. The molecule has 20 heavy (non-hydrogen) atoms. The molecule has 1 aromatic heterocycles. The first kappa shape index (κ1) is 13.4. The molecule has 4 heteroatoms. The van der Waals surface area contributed by atoms with Crippen LogP contribution >= 0.6 is 0 Å². The minimum atomic E-state index is 0.173. The second kappa shape index (κ2) is 5.83. The molecule has 0 radical (unpaired) electrons. The molecule has 0 atom stereocenters. The van der Waals surface area contributed by atoms with Gasteiger partial charge in [-0.3, -0.25) is 9.13 Å². The average molecular weight is 273 g/mol. The number of hydrogen-bond acceptors (Lipinski definition) is 2. The van der Waals surface area contributed by atoms with Gasteiger partial charge in [0.2, 0.25) is 0 Å². The van der Waals surface area contributed by atoms with Gasteiger partial charge in [-0.2, -0.15) is 0 Å². The van der Waals surface area contributed by atoms with Crippen LogP contribution in [0.15, 0.2) is 29.1 Å². The maximum absolute atomic E-state index is 12.8. The van der Waals surface area contributed by atoms with Crippen molar-refractivity contribution in [1.82, 2.24) is 14.5 Å². The molecule has 2 aromatic rings. The summed E-state index contributed by atoms with van der Waals surface area (Å²) in [6, 6.07) is 8.56. The van der Waals surface area contributed by atoms with Crippen LogP contribution < -0.4 is 11.0 Å². The van der Waals surface area contributed by atoms with Gasteiger partial charge in [0.1, 0.15) is 0 Å². The number of hydrogen-bond donors (Lipinski definition) is 1. The van der Waals surface area contributed by atoms with Crippen LogP contribution in [-0.4, -0.2) is 22.2 Å². The van der Waals surface area contributed by atoms with Gasteiger partial charge in [-0.15, -0.1) is 0 Å². The number of aryl methyl sites for hydroxylation is 1. The van der Waals surface area contributed by atoms with E-state index in [0.717, 1.165) is 56.4 Å². The number of fused-ring (bicyclic) bond motifs is 1. The molecule has 1 fully saturated rings. The summed E-state index contributed by atoms with van der Waals surface area (Å²) in [5.74, 6) is 0. The van der Waals surface area contributed by atoms with Crippen LogP contribution in [0.3, 0.4) is 0 Å². The van der Waals surface area contributed by atoms with Gasteiger partial charge in [-0.05, 0) is 44.5 Å². The molecule has 1 saturated heterocycles. The molecule has 0 spiro atoms. The van der Waals surface area contributed by atoms with Gasteiger partial charge in [-0.25, -0.2) is 4.79 Å². The molecule has 1 aliphatic heterocycles. The maximum Gasteiger partial charge on any atom is 0.329 e. The Bertz CT molecular complexity index is 635.